The van der Waals surface area contributed by atoms with Crippen LogP contribution in [0.2, 0.25) is 0 Å². The van der Waals surface area contributed by atoms with E-state index in [1.54, 1.807) is 0 Å². The SMILES string of the molecule is CCCCSc1ccc(CC(C)N)cc1Br. The van der Waals surface area contributed by atoms with E-state index in [2.05, 4.69) is 41.1 Å². The zero-order valence-corrected chi connectivity index (χ0v) is 12.4. The zero-order chi connectivity index (χ0) is 12.0. The van der Waals surface area contributed by atoms with Gasteiger partial charge in [0.25, 0.3) is 0 Å². The molecular weight excluding hydrogens is 282 g/mol. The summed E-state index contributed by atoms with van der Waals surface area (Å²) < 4.78 is 1.20. The molecule has 0 aliphatic rings. The molecule has 1 rings (SSSR count). The molecule has 0 spiro atoms. The van der Waals surface area contributed by atoms with Gasteiger partial charge in [0.1, 0.15) is 0 Å². The quantitative estimate of drug-likeness (QED) is 0.628. The van der Waals surface area contributed by atoms with Crippen molar-refractivity contribution >= 4 is 27.7 Å². The predicted molar refractivity (Wildman–Crippen MR) is 77.1 cm³/mol. The van der Waals surface area contributed by atoms with Crippen molar-refractivity contribution in [1.82, 2.24) is 0 Å². The highest BCUT2D eigenvalue weighted by molar-refractivity contribution is 9.10. The number of benzene rings is 1. The number of hydrogen-bond acceptors (Lipinski definition) is 2. The predicted octanol–water partition coefficient (Wildman–Crippen LogP) is 4.23. The summed E-state index contributed by atoms with van der Waals surface area (Å²) in [6.45, 7) is 4.26. The Labute approximate surface area is 111 Å². The van der Waals surface area contributed by atoms with Gasteiger partial charge in [-0.1, -0.05) is 19.4 Å². The van der Waals surface area contributed by atoms with Crippen LogP contribution >= 0.6 is 27.7 Å². The summed E-state index contributed by atoms with van der Waals surface area (Å²) in [5.74, 6) is 1.20. The van der Waals surface area contributed by atoms with E-state index in [4.69, 9.17) is 5.73 Å². The van der Waals surface area contributed by atoms with Gasteiger partial charge in [-0.3, -0.25) is 0 Å². The lowest BCUT2D eigenvalue weighted by Crippen LogP contribution is -2.17. The molecule has 1 aromatic rings. The van der Waals surface area contributed by atoms with Crippen LogP contribution in [-0.4, -0.2) is 11.8 Å². The van der Waals surface area contributed by atoms with Crippen molar-refractivity contribution in [2.45, 2.75) is 44.0 Å². The van der Waals surface area contributed by atoms with Gasteiger partial charge in [-0.2, -0.15) is 0 Å². The van der Waals surface area contributed by atoms with Gasteiger partial charge in [0.05, 0.1) is 0 Å². The van der Waals surface area contributed by atoms with E-state index >= 15 is 0 Å². The van der Waals surface area contributed by atoms with Gasteiger partial charge in [-0.15, -0.1) is 11.8 Å². The summed E-state index contributed by atoms with van der Waals surface area (Å²) in [4.78, 5) is 1.34. The highest BCUT2D eigenvalue weighted by Gasteiger charge is 2.03. The van der Waals surface area contributed by atoms with Gasteiger partial charge in [-0.05, 0) is 59.1 Å². The molecule has 0 aliphatic carbocycles. The summed E-state index contributed by atoms with van der Waals surface area (Å²) in [5.41, 5.74) is 7.10. The number of nitrogens with two attached hydrogens (primary N) is 1. The second-order valence-electron chi connectivity index (χ2n) is 4.15. The van der Waals surface area contributed by atoms with Crippen LogP contribution in [0.1, 0.15) is 32.3 Å². The molecule has 0 aromatic heterocycles. The molecule has 1 nitrogen and oxygen atoms in total. The maximum absolute atomic E-state index is 5.79. The summed E-state index contributed by atoms with van der Waals surface area (Å²) >= 11 is 5.55. The summed E-state index contributed by atoms with van der Waals surface area (Å²) in [7, 11) is 0. The topological polar surface area (TPSA) is 26.0 Å². The van der Waals surface area contributed by atoms with Crippen molar-refractivity contribution < 1.29 is 0 Å². The van der Waals surface area contributed by atoms with Crippen LogP contribution in [0.15, 0.2) is 27.6 Å². The number of thioether (sulfide) groups is 1. The van der Waals surface area contributed by atoms with Crippen molar-refractivity contribution in [2.75, 3.05) is 5.75 Å². The molecule has 0 aliphatic heterocycles. The molecule has 0 heterocycles. The Balaban J connectivity index is 2.60. The van der Waals surface area contributed by atoms with Gasteiger partial charge in [0.2, 0.25) is 0 Å². The highest BCUT2D eigenvalue weighted by atomic mass is 79.9. The molecule has 0 radical (unpaired) electrons. The molecule has 3 heteroatoms. The van der Waals surface area contributed by atoms with Crippen molar-refractivity contribution in [1.29, 1.82) is 0 Å². The Morgan fingerprint density at radius 1 is 1.44 bits per heavy atom. The van der Waals surface area contributed by atoms with Crippen molar-refractivity contribution in [3.63, 3.8) is 0 Å². The standard InChI is InChI=1S/C13H20BrNS/c1-3-4-7-16-13-6-5-11(8-10(2)15)9-12(13)14/h5-6,9-10H,3-4,7-8,15H2,1-2H3. The fraction of sp³-hybridized carbons (Fsp3) is 0.538. The lowest BCUT2D eigenvalue weighted by Gasteiger charge is -2.08. The largest absolute Gasteiger partial charge is 0.328 e. The molecule has 0 amide bonds. The maximum atomic E-state index is 5.79. The van der Waals surface area contributed by atoms with Crippen molar-refractivity contribution in [2.24, 2.45) is 5.73 Å². The number of hydrogen-bond donors (Lipinski definition) is 1. The molecule has 1 atom stereocenters. The van der Waals surface area contributed by atoms with Gasteiger partial charge < -0.3 is 5.73 Å². The van der Waals surface area contributed by atoms with Crippen molar-refractivity contribution in [3.8, 4) is 0 Å². The first-order valence-electron chi connectivity index (χ1n) is 5.80. The van der Waals surface area contributed by atoms with Crippen LogP contribution < -0.4 is 5.73 Å². The van der Waals surface area contributed by atoms with Crippen LogP contribution in [0, 0.1) is 0 Å². The molecule has 0 fully saturated rings. The van der Waals surface area contributed by atoms with Crippen LogP contribution in [0.4, 0.5) is 0 Å². The summed E-state index contributed by atoms with van der Waals surface area (Å²) in [6.07, 6.45) is 3.48. The average molecular weight is 302 g/mol. The Bertz CT molecular complexity index is 326. The Morgan fingerprint density at radius 3 is 2.75 bits per heavy atom. The summed E-state index contributed by atoms with van der Waals surface area (Å²) in [5, 5.41) is 0. The first-order valence-corrected chi connectivity index (χ1v) is 7.58. The van der Waals surface area contributed by atoms with E-state index in [1.165, 1.54) is 33.5 Å². The molecule has 16 heavy (non-hydrogen) atoms. The maximum Gasteiger partial charge on any atom is 0.0313 e. The van der Waals surface area contributed by atoms with E-state index in [0.717, 1.165) is 6.42 Å². The highest BCUT2D eigenvalue weighted by Crippen LogP contribution is 2.29. The lowest BCUT2D eigenvalue weighted by atomic mass is 10.1. The molecular formula is C13H20BrNS. The van der Waals surface area contributed by atoms with Crippen LogP contribution in [0.3, 0.4) is 0 Å². The molecule has 0 saturated carbocycles. The van der Waals surface area contributed by atoms with E-state index in [0.29, 0.717) is 0 Å². The Kier molecular flexibility index (Phi) is 6.47. The Hall–Kier alpha value is 0.01000. The van der Waals surface area contributed by atoms with Crippen LogP contribution in [0.25, 0.3) is 0 Å². The monoisotopic (exact) mass is 301 g/mol. The molecule has 1 aromatic carbocycles. The fourth-order valence-corrected chi connectivity index (χ4v) is 3.27. The fourth-order valence-electron chi connectivity index (χ4n) is 1.49. The molecule has 2 N–H and O–H groups in total. The van der Waals surface area contributed by atoms with Gasteiger partial charge in [0, 0.05) is 15.4 Å². The van der Waals surface area contributed by atoms with E-state index in [-0.39, 0.29) is 6.04 Å². The molecule has 1 unspecified atom stereocenters. The van der Waals surface area contributed by atoms with Gasteiger partial charge in [-0.25, -0.2) is 0 Å². The molecule has 90 valence electrons. The average Bonchev–Trinajstić information content (AvgIpc) is 2.20. The summed E-state index contributed by atoms with van der Waals surface area (Å²) in [6, 6.07) is 6.80. The number of halogens is 1. The first-order chi connectivity index (χ1) is 7.63. The Morgan fingerprint density at radius 2 is 2.19 bits per heavy atom. The third-order valence-corrected chi connectivity index (χ3v) is 4.39. The molecule has 0 bridgehead atoms. The van der Waals surface area contributed by atoms with Crippen molar-refractivity contribution in [3.05, 3.63) is 28.2 Å². The zero-order valence-electron chi connectivity index (χ0n) is 10.0. The number of unbranched alkanes of at least 4 members (excludes halogenated alkanes) is 1. The smallest absolute Gasteiger partial charge is 0.0313 e. The van der Waals surface area contributed by atoms with Gasteiger partial charge in [0.15, 0.2) is 0 Å². The second-order valence-corrected chi connectivity index (χ2v) is 6.14. The third-order valence-electron chi connectivity index (χ3n) is 2.31. The van der Waals surface area contributed by atoms with Gasteiger partial charge >= 0.3 is 0 Å². The second kappa shape index (κ2) is 7.36. The number of rotatable bonds is 6. The van der Waals surface area contributed by atoms with Crippen LogP contribution in [-0.2, 0) is 6.42 Å². The van der Waals surface area contributed by atoms with E-state index < -0.39 is 0 Å². The lowest BCUT2D eigenvalue weighted by molar-refractivity contribution is 0.737. The first kappa shape index (κ1) is 14.1. The third kappa shape index (κ3) is 4.89. The molecule has 0 saturated heterocycles. The minimum absolute atomic E-state index is 0.227. The van der Waals surface area contributed by atoms with E-state index in [1.807, 2.05) is 18.7 Å². The van der Waals surface area contributed by atoms with E-state index in [9.17, 15) is 0 Å². The normalized spacial score (nSPS) is 12.8. The minimum atomic E-state index is 0.227. The minimum Gasteiger partial charge on any atom is -0.328 e. The van der Waals surface area contributed by atoms with Crippen LogP contribution in [0.5, 0.6) is 0 Å².